The number of halogens is 1. The van der Waals surface area contributed by atoms with E-state index in [0.717, 1.165) is 46.8 Å². The van der Waals surface area contributed by atoms with Crippen molar-refractivity contribution in [2.45, 2.75) is 25.3 Å². The molecule has 1 N–H and O–H groups in total. The van der Waals surface area contributed by atoms with E-state index in [-0.39, 0.29) is 6.61 Å². The monoisotopic (exact) mass is 357 g/mol. The molecule has 1 saturated heterocycles. The molecule has 130 valence electrons. The van der Waals surface area contributed by atoms with Crippen molar-refractivity contribution in [1.82, 2.24) is 19.6 Å². The molecule has 0 amide bonds. The summed E-state index contributed by atoms with van der Waals surface area (Å²) in [6.07, 6.45) is 9.20. The average Bonchev–Trinajstić information content (AvgIpc) is 3.02. The zero-order valence-corrected chi connectivity index (χ0v) is 14.6. The van der Waals surface area contributed by atoms with Gasteiger partial charge in [0.15, 0.2) is 0 Å². The lowest BCUT2D eigenvalue weighted by Gasteiger charge is -2.20. The van der Waals surface area contributed by atoms with Crippen LogP contribution < -0.4 is 4.90 Å². The summed E-state index contributed by atoms with van der Waals surface area (Å²) in [5.74, 6) is 0.327. The van der Waals surface area contributed by atoms with E-state index in [4.69, 9.17) is 11.6 Å². The summed E-state index contributed by atoms with van der Waals surface area (Å²) in [5.41, 5.74) is 3.02. The van der Waals surface area contributed by atoms with Crippen LogP contribution in [0.3, 0.4) is 0 Å². The number of hydrogen-bond donors (Lipinski definition) is 1. The molecule has 1 aliphatic heterocycles. The van der Waals surface area contributed by atoms with E-state index in [1.165, 1.54) is 12.8 Å². The van der Waals surface area contributed by atoms with Crippen molar-refractivity contribution >= 4 is 28.2 Å². The highest BCUT2D eigenvalue weighted by atomic mass is 35.5. The fraction of sp³-hybridized carbons (Fsp3) is 0.444. The number of aliphatic hydroxyl groups is 1. The zero-order chi connectivity index (χ0) is 17.0. The third kappa shape index (κ3) is 2.60. The van der Waals surface area contributed by atoms with Gasteiger partial charge < -0.3 is 10.0 Å². The first-order valence-corrected chi connectivity index (χ1v) is 9.18. The van der Waals surface area contributed by atoms with E-state index >= 15 is 0 Å². The predicted molar refractivity (Wildman–Crippen MR) is 97.5 cm³/mol. The quantitative estimate of drug-likeness (QED) is 0.779. The Morgan fingerprint density at radius 1 is 1.16 bits per heavy atom. The van der Waals surface area contributed by atoms with Crippen LogP contribution in [-0.4, -0.2) is 44.4 Å². The first-order valence-electron chi connectivity index (χ1n) is 8.80. The van der Waals surface area contributed by atoms with Crippen LogP contribution in [0.4, 0.5) is 5.69 Å². The molecule has 0 bridgehead atoms. The topological polar surface area (TPSA) is 59.1 Å². The van der Waals surface area contributed by atoms with Gasteiger partial charge in [0.1, 0.15) is 5.69 Å². The molecule has 2 aromatic heterocycles. The van der Waals surface area contributed by atoms with Gasteiger partial charge in [-0.15, -0.1) is 0 Å². The predicted octanol–water partition coefficient (Wildman–Crippen LogP) is 3.03. The fourth-order valence-electron chi connectivity index (χ4n) is 3.66. The minimum Gasteiger partial charge on any atom is -0.396 e. The Hall–Kier alpha value is -2.05. The van der Waals surface area contributed by atoms with Gasteiger partial charge in [0.2, 0.25) is 0 Å². The molecule has 25 heavy (non-hydrogen) atoms. The zero-order valence-electron chi connectivity index (χ0n) is 13.8. The number of aromatic nitrogens is 4. The lowest BCUT2D eigenvalue weighted by Crippen LogP contribution is -2.21. The van der Waals surface area contributed by atoms with Gasteiger partial charge in [0.05, 0.1) is 40.9 Å². The Morgan fingerprint density at radius 2 is 2.04 bits per heavy atom. The molecule has 1 aromatic carbocycles. The number of benzene rings is 1. The van der Waals surface area contributed by atoms with Crippen LogP contribution >= 0.6 is 11.6 Å². The number of aliphatic hydroxyl groups excluding tert-OH is 1. The molecule has 1 aliphatic carbocycles. The number of fused-ring (bicyclic) bond motifs is 1. The third-order valence-electron chi connectivity index (χ3n) is 5.27. The second-order valence-electron chi connectivity index (χ2n) is 7.11. The fourth-order valence-corrected chi connectivity index (χ4v) is 3.95. The van der Waals surface area contributed by atoms with Crippen LogP contribution in [0.25, 0.3) is 16.6 Å². The van der Waals surface area contributed by atoms with Crippen molar-refractivity contribution in [3.8, 4) is 5.69 Å². The molecule has 1 saturated carbocycles. The van der Waals surface area contributed by atoms with Crippen LogP contribution in [0.5, 0.6) is 0 Å². The van der Waals surface area contributed by atoms with Crippen molar-refractivity contribution in [3.63, 3.8) is 0 Å². The summed E-state index contributed by atoms with van der Waals surface area (Å²) >= 11 is 6.53. The van der Waals surface area contributed by atoms with Gasteiger partial charge in [-0.3, -0.25) is 4.68 Å². The molecule has 0 spiro atoms. The number of nitrogens with zero attached hydrogens (tertiary/aromatic N) is 5. The summed E-state index contributed by atoms with van der Waals surface area (Å²) in [6.45, 7) is 1.99. The summed E-state index contributed by atoms with van der Waals surface area (Å²) < 4.78 is 3.96. The summed E-state index contributed by atoms with van der Waals surface area (Å²) in [6, 6.07) is 4.65. The number of rotatable bonds is 4. The maximum absolute atomic E-state index is 9.40. The molecular formula is C18H20ClN5O. The van der Waals surface area contributed by atoms with Crippen molar-refractivity contribution < 1.29 is 5.11 Å². The van der Waals surface area contributed by atoms with Crippen LogP contribution in [0.15, 0.2) is 30.7 Å². The first kappa shape index (κ1) is 15.2. The van der Waals surface area contributed by atoms with E-state index in [1.54, 1.807) is 0 Å². The standard InChI is InChI=1S/C18H20ClN5O/c19-16-5-13-7-21-24(15-8-20-23(10-15)14-1-2-14)17(13)6-18(16)22-4-3-12(9-22)11-25/h5-8,10,12,14,25H,1-4,9,11H2. The van der Waals surface area contributed by atoms with E-state index < -0.39 is 0 Å². The van der Waals surface area contributed by atoms with Crippen LogP contribution in [-0.2, 0) is 0 Å². The molecule has 5 rings (SSSR count). The lowest BCUT2D eigenvalue weighted by atomic mass is 10.1. The minimum atomic E-state index is 0.231. The molecule has 3 aromatic rings. The Labute approximate surface area is 150 Å². The van der Waals surface area contributed by atoms with Gasteiger partial charge >= 0.3 is 0 Å². The smallest absolute Gasteiger partial charge is 0.103 e. The Bertz CT molecular complexity index is 929. The molecule has 1 atom stereocenters. The maximum atomic E-state index is 9.40. The second kappa shape index (κ2) is 5.75. The van der Waals surface area contributed by atoms with Gasteiger partial charge in [0.25, 0.3) is 0 Å². The highest BCUT2D eigenvalue weighted by Crippen LogP contribution is 2.36. The normalized spacial score (nSPS) is 20.7. The van der Waals surface area contributed by atoms with Gasteiger partial charge in [0, 0.05) is 31.0 Å². The summed E-state index contributed by atoms with van der Waals surface area (Å²) in [4.78, 5) is 2.26. The SMILES string of the molecule is OCC1CCN(c2cc3c(cnn3-c3cnn(C4CC4)c3)cc2Cl)C1. The number of anilines is 1. The minimum absolute atomic E-state index is 0.231. The maximum Gasteiger partial charge on any atom is 0.103 e. The first-order chi connectivity index (χ1) is 12.2. The Kier molecular flexibility index (Phi) is 3.50. The van der Waals surface area contributed by atoms with Gasteiger partial charge in [-0.2, -0.15) is 10.2 Å². The van der Waals surface area contributed by atoms with Crippen LogP contribution in [0.1, 0.15) is 25.3 Å². The third-order valence-corrected chi connectivity index (χ3v) is 5.58. The summed E-state index contributed by atoms with van der Waals surface area (Å²) in [7, 11) is 0. The average molecular weight is 358 g/mol. The molecule has 0 radical (unpaired) electrons. The molecular weight excluding hydrogens is 338 g/mol. The van der Waals surface area contributed by atoms with Crippen molar-refractivity contribution in [1.29, 1.82) is 0 Å². The van der Waals surface area contributed by atoms with E-state index in [1.807, 2.05) is 27.8 Å². The Balaban J connectivity index is 1.55. The van der Waals surface area contributed by atoms with Crippen molar-refractivity contribution in [2.24, 2.45) is 5.92 Å². The largest absolute Gasteiger partial charge is 0.396 e. The van der Waals surface area contributed by atoms with Gasteiger partial charge in [-0.05, 0) is 31.4 Å². The van der Waals surface area contributed by atoms with Crippen LogP contribution in [0, 0.1) is 5.92 Å². The molecule has 1 unspecified atom stereocenters. The highest BCUT2D eigenvalue weighted by molar-refractivity contribution is 6.34. The van der Waals surface area contributed by atoms with E-state index in [2.05, 4.69) is 27.4 Å². The molecule has 7 heteroatoms. The van der Waals surface area contributed by atoms with E-state index in [0.29, 0.717) is 12.0 Å². The highest BCUT2D eigenvalue weighted by Gasteiger charge is 2.26. The van der Waals surface area contributed by atoms with Gasteiger partial charge in [-0.1, -0.05) is 11.6 Å². The Morgan fingerprint density at radius 3 is 2.80 bits per heavy atom. The number of hydrogen-bond acceptors (Lipinski definition) is 4. The summed E-state index contributed by atoms with van der Waals surface area (Å²) in [5, 5.41) is 20.2. The molecule has 3 heterocycles. The van der Waals surface area contributed by atoms with Crippen molar-refractivity contribution in [2.75, 3.05) is 24.6 Å². The van der Waals surface area contributed by atoms with E-state index in [9.17, 15) is 5.11 Å². The molecule has 2 aliphatic rings. The molecule has 6 nitrogen and oxygen atoms in total. The van der Waals surface area contributed by atoms with Crippen molar-refractivity contribution in [3.05, 3.63) is 35.7 Å². The van der Waals surface area contributed by atoms with Gasteiger partial charge in [-0.25, -0.2) is 4.68 Å². The molecule has 2 fully saturated rings. The van der Waals surface area contributed by atoms with Crippen LogP contribution in [0.2, 0.25) is 5.02 Å². The lowest BCUT2D eigenvalue weighted by molar-refractivity contribution is 0.238. The second-order valence-corrected chi connectivity index (χ2v) is 7.52.